The molecule has 0 fully saturated rings. The zero-order valence-electron chi connectivity index (χ0n) is 7.56. The number of hydrogen-bond acceptors (Lipinski definition) is 1. The van der Waals surface area contributed by atoms with Gasteiger partial charge in [-0.05, 0) is 37.5 Å². The van der Waals surface area contributed by atoms with E-state index < -0.39 is 11.6 Å². The molecule has 0 aliphatic rings. The second kappa shape index (κ2) is 4.33. The molecule has 0 aromatic heterocycles. The summed E-state index contributed by atoms with van der Waals surface area (Å²) in [4.78, 5) is 0. The van der Waals surface area contributed by atoms with E-state index in [0.29, 0.717) is 12.0 Å². The summed E-state index contributed by atoms with van der Waals surface area (Å²) in [5.41, 5.74) is 6.19. The average Bonchev–Trinajstić information content (AvgIpc) is 1.99. The summed E-state index contributed by atoms with van der Waals surface area (Å²) < 4.78 is 25.4. The zero-order valence-corrected chi connectivity index (χ0v) is 7.56. The van der Waals surface area contributed by atoms with Crippen molar-refractivity contribution in [2.45, 2.75) is 25.8 Å². The maximum absolute atomic E-state index is 12.7. The molecule has 1 aromatic carbocycles. The van der Waals surface area contributed by atoms with Gasteiger partial charge in [-0.2, -0.15) is 0 Å². The molecule has 0 saturated heterocycles. The van der Waals surface area contributed by atoms with Crippen molar-refractivity contribution in [3.8, 4) is 0 Å². The first kappa shape index (κ1) is 10.1. The molecule has 0 spiro atoms. The van der Waals surface area contributed by atoms with E-state index >= 15 is 0 Å². The molecule has 0 saturated carbocycles. The standard InChI is InChI=1S/C10H13F2N/c1-7(13)2-3-8-4-9(11)6-10(12)5-8/h4-7H,2-3,13H2,1H3/t7-/m0/s1. The minimum Gasteiger partial charge on any atom is -0.328 e. The summed E-state index contributed by atoms with van der Waals surface area (Å²) in [7, 11) is 0. The highest BCUT2D eigenvalue weighted by atomic mass is 19.1. The Kier molecular flexibility index (Phi) is 3.37. The van der Waals surface area contributed by atoms with Gasteiger partial charge in [-0.25, -0.2) is 8.78 Å². The first-order valence-corrected chi connectivity index (χ1v) is 4.28. The van der Waals surface area contributed by atoms with Crippen molar-refractivity contribution in [3.05, 3.63) is 35.4 Å². The molecule has 0 amide bonds. The van der Waals surface area contributed by atoms with E-state index in [4.69, 9.17) is 5.73 Å². The molecule has 0 bridgehead atoms. The van der Waals surface area contributed by atoms with Gasteiger partial charge in [0, 0.05) is 12.1 Å². The third kappa shape index (κ3) is 3.51. The molecule has 1 nitrogen and oxygen atoms in total. The zero-order chi connectivity index (χ0) is 9.84. The lowest BCUT2D eigenvalue weighted by Gasteiger charge is -2.04. The van der Waals surface area contributed by atoms with Gasteiger partial charge in [0.15, 0.2) is 0 Å². The van der Waals surface area contributed by atoms with Crippen molar-refractivity contribution in [3.63, 3.8) is 0 Å². The lowest BCUT2D eigenvalue weighted by Crippen LogP contribution is -2.15. The Bertz CT molecular complexity index is 264. The van der Waals surface area contributed by atoms with Crippen LogP contribution in [0.4, 0.5) is 8.78 Å². The van der Waals surface area contributed by atoms with E-state index in [1.165, 1.54) is 12.1 Å². The van der Waals surface area contributed by atoms with Crippen molar-refractivity contribution >= 4 is 0 Å². The number of benzene rings is 1. The Morgan fingerprint density at radius 1 is 1.23 bits per heavy atom. The molecule has 0 aliphatic heterocycles. The van der Waals surface area contributed by atoms with E-state index in [0.717, 1.165) is 12.5 Å². The lowest BCUT2D eigenvalue weighted by molar-refractivity contribution is 0.576. The van der Waals surface area contributed by atoms with E-state index in [2.05, 4.69) is 0 Å². The van der Waals surface area contributed by atoms with Crippen LogP contribution in [0.5, 0.6) is 0 Å². The molecule has 2 N–H and O–H groups in total. The first-order valence-electron chi connectivity index (χ1n) is 4.28. The number of halogens is 2. The van der Waals surface area contributed by atoms with Crippen LogP contribution in [-0.4, -0.2) is 6.04 Å². The summed E-state index contributed by atoms with van der Waals surface area (Å²) in [6.07, 6.45) is 1.36. The maximum atomic E-state index is 12.7. The van der Waals surface area contributed by atoms with E-state index in [-0.39, 0.29) is 6.04 Å². The topological polar surface area (TPSA) is 26.0 Å². The van der Waals surface area contributed by atoms with Gasteiger partial charge >= 0.3 is 0 Å². The second-order valence-electron chi connectivity index (χ2n) is 3.29. The highest BCUT2D eigenvalue weighted by Crippen LogP contribution is 2.10. The lowest BCUT2D eigenvalue weighted by atomic mass is 10.1. The quantitative estimate of drug-likeness (QED) is 0.767. The molecule has 1 atom stereocenters. The molecule has 13 heavy (non-hydrogen) atoms. The van der Waals surface area contributed by atoms with Crippen LogP contribution < -0.4 is 5.73 Å². The predicted octanol–water partition coefficient (Wildman–Crippen LogP) is 2.24. The van der Waals surface area contributed by atoms with Gasteiger partial charge in [0.05, 0.1) is 0 Å². The number of hydrogen-bond donors (Lipinski definition) is 1. The summed E-state index contributed by atoms with van der Waals surface area (Å²) in [6, 6.07) is 3.61. The fraction of sp³-hybridized carbons (Fsp3) is 0.400. The monoisotopic (exact) mass is 185 g/mol. The van der Waals surface area contributed by atoms with Crippen LogP contribution in [-0.2, 0) is 6.42 Å². The largest absolute Gasteiger partial charge is 0.328 e. The van der Waals surface area contributed by atoms with Gasteiger partial charge < -0.3 is 5.73 Å². The van der Waals surface area contributed by atoms with E-state index in [1.54, 1.807) is 0 Å². The molecule has 72 valence electrons. The third-order valence-electron chi connectivity index (χ3n) is 1.81. The van der Waals surface area contributed by atoms with Gasteiger partial charge in [-0.1, -0.05) is 0 Å². The molecule has 1 aromatic rings. The van der Waals surface area contributed by atoms with Gasteiger partial charge in [0.2, 0.25) is 0 Å². The number of aryl methyl sites for hydroxylation is 1. The van der Waals surface area contributed by atoms with Crippen molar-refractivity contribution in [2.75, 3.05) is 0 Å². The Labute approximate surface area is 76.6 Å². The minimum atomic E-state index is -0.528. The molecular weight excluding hydrogens is 172 g/mol. The van der Waals surface area contributed by atoms with E-state index in [9.17, 15) is 8.78 Å². The van der Waals surface area contributed by atoms with Crippen molar-refractivity contribution in [1.82, 2.24) is 0 Å². The predicted molar refractivity (Wildman–Crippen MR) is 48.3 cm³/mol. The third-order valence-corrected chi connectivity index (χ3v) is 1.81. The van der Waals surface area contributed by atoms with Crippen molar-refractivity contribution in [2.24, 2.45) is 5.73 Å². The Morgan fingerprint density at radius 3 is 2.23 bits per heavy atom. The van der Waals surface area contributed by atoms with Gasteiger partial charge in [-0.3, -0.25) is 0 Å². The van der Waals surface area contributed by atoms with Crippen LogP contribution in [0.15, 0.2) is 18.2 Å². The van der Waals surface area contributed by atoms with E-state index in [1.807, 2.05) is 6.92 Å². The highest BCUT2D eigenvalue weighted by molar-refractivity contribution is 5.17. The Hall–Kier alpha value is -0.960. The van der Waals surface area contributed by atoms with Crippen LogP contribution in [0, 0.1) is 11.6 Å². The van der Waals surface area contributed by atoms with Gasteiger partial charge in [-0.15, -0.1) is 0 Å². The molecule has 3 heteroatoms. The average molecular weight is 185 g/mol. The maximum Gasteiger partial charge on any atom is 0.126 e. The summed E-state index contributed by atoms with van der Waals surface area (Å²) in [5.74, 6) is -1.06. The van der Waals surface area contributed by atoms with Gasteiger partial charge in [0.25, 0.3) is 0 Å². The second-order valence-corrected chi connectivity index (χ2v) is 3.29. The fourth-order valence-corrected chi connectivity index (χ4v) is 1.15. The van der Waals surface area contributed by atoms with Gasteiger partial charge in [0.1, 0.15) is 11.6 Å². The number of rotatable bonds is 3. The Morgan fingerprint density at radius 2 is 1.77 bits per heavy atom. The van der Waals surface area contributed by atoms with Crippen molar-refractivity contribution < 1.29 is 8.78 Å². The normalized spacial score (nSPS) is 12.9. The minimum absolute atomic E-state index is 0.0614. The first-order chi connectivity index (χ1) is 6.08. The van der Waals surface area contributed by atoms with Crippen LogP contribution in [0.2, 0.25) is 0 Å². The summed E-state index contributed by atoms with van der Waals surface area (Å²) >= 11 is 0. The molecule has 0 radical (unpaired) electrons. The fourth-order valence-electron chi connectivity index (χ4n) is 1.15. The molecule has 0 aliphatic carbocycles. The van der Waals surface area contributed by atoms with Crippen LogP contribution in [0.25, 0.3) is 0 Å². The molecule has 1 rings (SSSR count). The summed E-state index contributed by atoms with van der Waals surface area (Å²) in [5, 5.41) is 0. The SMILES string of the molecule is C[C@H](N)CCc1cc(F)cc(F)c1. The van der Waals surface area contributed by atoms with Crippen molar-refractivity contribution in [1.29, 1.82) is 0 Å². The number of nitrogens with two attached hydrogens (primary N) is 1. The Balaban J connectivity index is 2.66. The molecule has 0 unspecified atom stereocenters. The highest BCUT2D eigenvalue weighted by Gasteiger charge is 2.01. The molecule has 0 heterocycles. The molecular formula is C10H13F2N. The van der Waals surface area contributed by atoms with Crippen LogP contribution in [0.3, 0.4) is 0 Å². The van der Waals surface area contributed by atoms with Crippen LogP contribution >= 0.6 is 0 Å². The van der Waals surface area contributed by atoms with Crippen LogP contribution in [0.1, 0.15) is 18.9 Å². The smallest absolute Gasteiger partial charge is 0.126 e. The summed E-state index contributed by atoms with van der Waals surface area (Å²) in [6.45, 7) is 1.87.